The third-order valence-electron chi connectivity index (χ3n) is 3.93. The molecule has 2 rings (SSSR count). The van der Waals surface area contributed by atoms with Gasteiger partial charge < -0.3 is 29.4 Å². The van der Waals surface area contributed by atoms with E-state index in [1.165, 1.54) is 0 Å². The molecule has 1 saturated heterocycles. The van der Waals surface area contributed by atoms with Crippen LogP contribution in [0.5, 0.6) is 0 Å². The van der Waals surface area contributed by atoms with Crippen LogP contribution < -0.4 is 5.32 Å². The first-order valence-electron chi connectivity index (χ1n) is 9.11. The number of halogens is 4. The number of rotatable bonds is 9. The van der Waals surface area contributed by atoms with E-state index < -0.39 is 64.9 Å². The van der Waals surface area contributed by atoms with Gasteiger partial charge in [-0.05, 0) is 5.56 Å². The van der Waals surface area contributed by atoms with Crippen LogP contribution in [0.4, 0.5) is 9.59 Å². The van der Waals surface area contributed by atoms with Crippen molar-refractivity contribution >= 4 is 76.5 Å². The van der Waals surface area contributed by atoms with Gasteiger partial charge in [0.1, 0.15) is 13.2 Å². The average molecular weight is 562 g/mol. The number of esters is 1. The van der Waals surface area contributed by atoms with Gasteiger partial charge in [-0.3, -0.25) is 9.69 Å². The molecule has 0 aliphatic carbocycles. The van der Waals surface area contributed by atoms with Crippen molar-refractivity contribution in [3.05, 3.63) is 35.9 Å². The van der Waals surface area contributed by atoms with Gasteiger partial charge in [0, 0.05) is 0 Å². The van der Waals surface area contributed by atoms with Gasteiger partial charge in [-0.15, -0.1) is 0 Å². The Balaban J connectivity index is 1.94. The number of carbonyl (C=O) groups is 5. The number of hydrogen-bond donors (Lipinski definition) is 2. The number of carbonyl (C=O) groups excluding carboxylic acids is 4. The summed E-state index contributed by atoms with van der Waals surface area (Å²) in [5, 5.41) is 11.2. The molecule has 0 saturated carbocycles. The summed E-state index contributed by atoms with van der Waals surface area (Å²) in [5.74, 6) is -3.81. The van der Waals surface area contributed by atoms with Crippen LogP contribution in [-0.2, 0) is 39.9 Å². The molecule has 16 heteroatoms. The van der Waals surface area contributed by atoms with E-state index in [2.05, 4.69) is 14.8 Å². The zero-order chi connectivity index (χ0) is 25.5. The quantitative estimate of drug-likeness (QED) is 0.150. The predicted octanol–water partition coefficient (Wildman–Crippen LogP) is 2.17. The van der Waals surface area contributed by atoms with Gasteiger partial charge in [-0.2, -0.15) is 0 Å². The molecular formula is C18H16Cl4N2O10. The molecule has 12 nitrogen and oxygen atoms in total. The number of hydrogen-bond acceptors (Lipinski definition) is 9. The highest BCUT2D eigenvalue weighted by Gasteiger charge is 2.55. The number of alkyl carbamates (subject to hydrolysis) is 1. The van der Waals surface area contributed by atoms with E-state index >= 15 is 0 Å². The molecule has 2 N–H and O–H groups in total. The Kier molecular flexibility index (Phi) is 9.86. The van der Waals surface area contributed by atoms with E-state index in [-0.39, 0.29) is 6.61 Å². The van der Waals surface area contributed by atoms with Crippen LogP contribution in [0.15, 0.2) is 30.3 Å². The van der Waals surface area contributed by atoms with Crippen molar-refractivity contribution < 1.29 is 48.0 Å². The minimum atomic E-state index is -1.92. The molecular weight excluding hydrogens is 546 g/mol. The Hall–Kier alpha value is -2.67. The fourth-order valence-corrected chi connectivity index (χ4v) is 2.84. The molecule has 1 fully saturated rings. The van der Waals surface area contributed by atoms with Crippen LogP contribution in [0.25, 0.3) is 0 Å². The molecule has 0 radical (unpaired) electrons. The van der Waals surface area contributed by atoms with Crippen LogP contribution in [0.1, 0.15) is 5.56 Å². The maximum atomic E-state index is 12.3. The van der Waals surface area contributed by atoms with Crippen molar-refractivity contribution in [2.24, 2.45) is 0 Å². The van der Waals surface area contributed by atoms with Crippen LogP contribution in [0.2, 0.25) is 0 Å². The van der Waals surface area contributed by atoms with E-state index in [4.69, 9.17) is 61.0 Å². The van der Waals surface area contributed by atoms with Crippen LogP contribution in [0, 0.1) is 0 Å². The monoisotopic (exact) mass is 560 g/mol. The van der Waals surface area contributed by atoms with E-state index in [0.29, 0.717) is 10.5 Å². The summed E-state index contributed by atoms with van der Waals surface area (Å²) in [7, 11) is 0. The number of β-lactam (4-membered cyclic amide) rings is 1. The number of amides is 2. The van der Waals surface area contributed by atoms with E-state index in [1.54, 1.807) is 30.3 Å². The second kappa shape index (κ2) is 12.2. The molecule has 0 spiro atoms. The maximum Gasteiger partial charge on any atom is 0.508 e. The lowest BCUT2D eigenvalue weighted by Gasteiger charge is -2.46. The van der Waals surface area contributed by atoms with Crippen LogP contribution in [0.3, 0.4) is 0 Å². The molecule has 186 valence electrons. The lowest BCUT2D eigenvalue weighted by atomic mass is 10.0. The van der Waals surface area contributed by atoms with E-state index in [1.807, 2.05) is 0 Å². The Bertz CT molecular complexity index is 927. The molecule has 1 unspecified atom stereocenters. The topological polar surface area (TPSA) is 158 Å². The molecule has 0 aromatic heterocycles. The molecule has 1 aromatic rings. The second-order valence-corrected chi connectivity index (χ2v) is 9.36. The van der Waals surface area contributed by atoms with Gasteiger partial charge in [0.2, 0.25) is 15.5 Å². The van der Waals surface area contributed by atoms with Gasteiger partial charge in [0.05, 0.1) is 0 Å². The summed E-state index contributed by atoms with van der Waals surface area (Å²) < 4.78 is 16.9. The minimum absolute atomic E-state index is 0.126. The Morgan fingerprint density at radius 3 is 2.32 bits per heavy atom. The summed E-state index contributed by atoms with van der Waals surface area (Å²) in [5.41, 5.74) is -1.26. The third kappa shape index (κ3) is 8.28. The first-order chi connectivity index (χ1) is 15.9. The van der Waals surface area contributed by atoms with Gasteiger partial charge >= 0.3 is 24.2 Å². The smallest absolute Gasteiger partial charge is 0.479 e. The molecule has 2 amide bonds. The van der Waals surface area contributed by atoms with Gasteiger partial charge in [0.15, 0.2) is 12.6 Å². The fourth-order valence-electron chi connectivity index (χ4n) is 2.46. The summed E-state index contributed by atoms with van der Waals surface area (Å²) in [4.78, 5) is 59.5. The normalized spacial score (nSPS) is 18.2. The van der Waals surface area contributed by atoms with Gasteiger partial charge in [-0.1, -0.05) is 76.7 Å². The summed E-state index contributed by atoms with van der Waals surface area (Å²) >= 11 is 21.9. The highest BCUT2D eigenvalue weighted by atomic mass is 35.6. The van der Waals surface area contributed by atoms with Crippen molar-refractivity contribution in [1.82, 2.24) is 10.2 Å². The number of nitrogens with one attached hydrogen (secondary N) is 1. The number of benzene rings is 1. The van der Waals surface area contributed by atoms with Crippen molar-refractivity contribution in [3.8, 4) is 0 Å². The summed E-state index contributed by atoms with van der Waals surface area (Å²) in [6, 6.07) is 7.08. The van der Waals surface area contributed by atoms with Crippen molar-refractivity contribution in [3.63, 3.8) is 0 Å². The number of ether oxygens (including phenoxy) is 4. The highest BCUT2D eigenvalue weighted by molar-refractivity contribution is 6.67. The number of carboxylic acid groups (broad SMARTS) is 1. The number of nitrogens with zero attached hydrogens (tertiary/aromatic N) is 1. The fraction of sp³-hybridized carbons (Fsp3) is 0.389. The molecule has 1 heterocycles. The maximum absolute atomic E-state index is 12.3. The van der Waals surface area contributed by atoms with Crippen molar-refractivity contribution in [1.29, 1.82) is 0 Å². The largest absolute Gasteiger partial charge is 0.508 e. The Morgan fingerprint density at radius 1 is 1.09 bits per heavy atom. The predicted molar refractivity (Wildman–Crippen MR) is 115 cm³/mol. The molecule has 1 aliphatic heterocycles. The SMILES string of the molecule is O=C(COC(=O)OCC(Cl)(Cl)Cl)O[C@@H]1[C@H](NC(=O)OCc2ccccc2)C(=O)N1C(Cl)C(=O)O. The number of likely N-dealkylation sites (tertiary alicyclic amines) is 1. The zero-order valence-electron chi connectivity index (χ0n) is 16.8. The Morgan fingerprint density at radius 2 is 1.74 bits per heavy atom. The van der Waals surface area contributed by atoms with Gasteiger partial charge in [-0.25, -0.2) is 19.2 Å². The highest BCUT2D eigenvalue weighted by Crippen LogP contribution is 2.27. The molecule has 1 aromatic carbocycles. The number of carboxylic acids is 1. The zero-order valence-corrected chi connectivity index (χ0v) is 19.8. The molecule has 34 heavy (non-hydrogen) atoms. The lowest BCUT2D eigenvalue weighted by molar-refractivity contribution is -0.197. The molecule has 0 bridgehead atoms. The number of alkyl halides is 4. The summed E-state index contributed by atoms with van der Waals surface area (Å²) in [6.45, 7) is -1.80. The third-order valence-corrected chi connectivity index (χ3v) is 4.65. The summed E-state index contributed by atoms with van der Waals surface area (Å²) in [6.07, 6.45) is -4.05. The van der Waals surface area contributed by atoms with Crippen molar-refractivity contribution in [2.45, 2.75) is 28.2 Å². The minimum Gasteiger partial charge on any atom is -0.479 e. The van der Waals surface area contributed by atoms with E-state index in [0.717, 1.165) is 0 Å². The van der Waals surface area contributed by atoms with E-state index in [9.17, 15) is 24.0 Å². The lowest BCUT2D eigenvalue weighted by Crippen LogP contribution is -2.74. The van der Waals surface area contributed by atoms with Crippen LogP contribution >= 0.6 is 46.4 Å². The molecule has 1 aliphatic rings. The average Bonchev–Trinajstić information content (AvgIpc) is 2.78. The standard InChI is InChI=1S/C18H16Cl4N2O10/c19-12(15(27)28)24-13(26)11(23-16(29)31-6-9-4-2-1-3-5-9)14(24)34-10(25)7-32-17(30)33-8-18(20,21)22/h1-5,11-12,14H,6-8H2,(H,23,29)(H,27,28)/t11-,12?,14-/m1/s1. The van der Waals surface area contributed by atoms with Crippen molar-refractivity contribution in [2.75, 3.05) is 13.2 Å². The first-order valence-corrected chi connectivity index (χ1v) is 10.7. The van der Waals surface area contributed by atoms with Gasteiger partial charge in [0.25, 0.3) is 5.91 Å². The second-order valence-electron chi connectivity index (χ2n) is 6.43. The number of aliphatic carboxylic acids is 1. The first kappa shape index (κ1) is 27.6. The Labute approximate surface area is 211 Å². The molecule has 3 atom stereocenters. The van der Waals surface area contributed by atoms with Crippen LogP contribution in [-0.4, -0.2) is 74.9 Å².